The first-order valence-electron chi connectivity index (χ1n) is 8.99. The van der Waals surface area contributed by atoms with Gasteiger partial charge in [0.25, 0.3) is 5.78 Å². The summed E-state index contributed by atoms with van der Waals surface area (Å²) < 4.78 is 1.23. The fourth-order valence-corrected chi connectivity index (χ4v) is 2.99. The number of rotatable bonds is 6. The normalized spacial score (nSPS) is 14.6. The van der Waals surface area contributed by atoms with Gasteiger partial charge in [0.1, 0.15) is 29.7 Å². The van der Waals surface area contributed by atoms with E-state index in [1.54, 1.807) is 0 Å². The summed E-state index contributed by atoms with van der Waals surface area (Å²) in [5, 5.41) is 51.6. The van der Waals surface area contributed by atoms with Crippen LogP contribution in [0.15, 0.2) is 60.7 Å². The molecule has 0 radical (unpaired) electrons. The van der Waals surface area contributed by atoms with Gasteiger partial charge in [0.2, 0.25) is 0 Å². The number of hydrogen-bond acceptors (Lipinski definition) is 8. The maximum Gasteiger partial charge on any atom is 0.272 e. The van der Waals surface area contributed by atoms with Crippen LogP contribution in [0.4, 0.5) is 0 Å². The molecule has 2 aromatic carbocycles. The van der Waals surface area contributed by atoms with Crippen molar-refractivity contribution in [2.75, 3.05) is 6.61 Å². The molecule has 4 rings (SSSR count). The molecule has 0 aliphatic heterocycles. The molecule has 0 spiro atoms. The number of fused-ring (bicyclic) bond motifs is 1. The van der Waals surface area contributed by atoms with E-state index in [1.165, 1.54) is 4.52 Å². The number of hydrogen-bond donors (Lipinski definition) is 4. The van der Waals surface area contributed by atoms with Crippen molar-refractivity contribution in [2.45, 2.75) is 18.3 Å². The van der Waals surface area contributed by atoms with Gasteiger partial charge in [-0.05, 0) is 0 Å². The lowest BCUT2D eigenvalue weighted by Crippen LogP contribution is -2.35. The van der Waals surface area contributed by atoms with E-state index in [0.29, 0.717) is 11.4 Å². The lowest BCUT2D eigenvalue weighted by atomic mass is 10.0. The first kappa shape index (κ1) is 19.1. The molecule has 9 nitrogen and oxygen atoms in total. The summed E-state index contributed by atoms with van der Waals surface area (Å²) in [5.74, 6) is 0.0348. The predicted octanol–water partition coefficient (Wildman–Crippen LogP) is 0.601. The topological polar surface area (TPSA) is 137 Å². The first-order chi connectivity index (χ1) is 14.1. The van der Waals surface area contributed by atoms with Gasteiger partial charge in [-0.25, -0.2) is 4.98 Å². The van der Waals surface area contributed by atoms with Crippen molar-refractivity contribution in [3.63, 3.8) is 0 Å². The number of benzene rings is 2. The van der Waals surface area contributed by atoms with Crippen LogP contribution < -0.4 is 0 Å². The number of nitrogens with zero attached hydrogens (tertiary/aromatic N) is 5. The molecule has 0 aliphatic carbocycles. The van der Waals surface area contributed by atoms with E-state index in [0.717, 1.165) is 11.1 Å². The third-order valence-corrected chi connectivity index (χ3v) is 4.55. The molecule has 4 aromatic rings. The van der Waals surface area contributed by atoms with Crippen LogP contribution in [0.1, 0.15) is 11.9 Å². The Labute approximate surface area is 165 Å². The molecule has 0 saturated carbocycles. The van der Waals surface area contributed by atoms with Crippen molar-refractivity contribution in [3.05, 3.63) is 66.5 Å². The van der Waals surface area contributed by atoms with Crippen LogP contribution in [0.3, 0.4) is 0 Å². The molecule has 0 bridgehead atoms. The van der Waals surface area contributed by atoms with Crippen molar-refractivity contribution < 1.29 is 20.4 Å². The van der Waals surface area contributed by atoms with Crippen LogP contribution in [0.25, 0.3) is 28.3 Å². The van der Waals surface area contributed by atoms with Gasteiger partial charge in [0, 0.05) is 11.1 Å². The molecule has 4 N–H and O–H groups in total. The van der Waals surface area contributed by atoms with E-state index in [4.69, 9.17) is 5.11 Å². The van der Waals surface area contributed by atoms with Crippen molar-refractivity contribution in [1.29, 1.82) is 0 Å². The average Bonchev–Trinajstić information content (AvgIpc) is 3.20. The Morgan fingerprint density at radius 2 is 1.38 bits per heavy atom. The van der Waals surface area contributed by atoms with Gasteiger partial charge in [-0.3, -0.25) is 0 Å². The van der Waals surface area contributed by atoms with Gasteiger partial charge in [0.15, 0.2) is 5.82 Å². The van der Waals surface area contributed by atoms with E-state index < -0.39 is 24.9 Å². The zero-order valence-electron chi connectivity index (χ0n) is 15.2. The van der Waals surface area contributed by atoms with Crippen LogP contribution in [0, 0.1) is 0 Å². The summed E-state index contributed by atoms with van der Waals surface area (Å²) in [6.07, 6.45) is -4.82. The minimum atomic E-state index is -1.66. The monoisotopic (exact) mass is 393 g/mol. The molecule has 9 heteroatoms. The highest BCUT2D eigenvalue weighted by molar-refractivity contribution is 5.78. The van der Waals surface area contributed by atoms with Crippen molar-refractivity contribution >= 4 is 5.78 Å². The van der Waals surface area contributed by atoms with Crippen LogP contribution in [0.2, 0.25) is 0 Å². The zero-order valence-corrected chi connectivity index (χ0v) is 15.2. The Morgan fingerprint density at radius 1 is 0.793 bits per heavy atom. The molecule has 0 unspecified atom stereocenters. The molecule has 0 fully saturated rings. The molecule has 3 atom stereocenters. The van der Waals surface area contributed by atoms with E-state index in [9.17, 15) is 15.3 Å². The molecule has 0 aliphatic rings. The summed E-state index contributed by atoms with van der Waals surface area (Å²) in [6.45, 7) is -0.714. The fourth-order valence-electron chi connectivity index (χ4n) is 2.99. The van der Waals surface area contributed by atoms with E-state index in [2.05, 4.69) is 20.3 Å². The fraction of sp³-hybridized carbons (Fsp3) is 0.200. The number of aliphatic hydroxyl groups is 4. The highest BCUT2D eigenvalue weighted by atomic mass is 16.4. The van der Waals surface area contributed by atoms with Gasteiger partial charge in [-0.2, -0.15) is 9.61 Å². The zero-order chi connectivity index (χ0) is 20.4. The Kier molecular flexibility index (Phi) is 5.28. The van der Waals surface area contributed by atoms with Crippen LogP contribution in [0.5, 0.6) is 0 Å². The quantitative estimate of drug-likeness (QED) is 0.374. The van der Waals surface area contributed by atoms with Crippen LogP contribution in [-0.4, -0.2) is 64.0 Å². The minimum absolute atomic E-state index is 0.0932. The Hall–Kier alpha value is -3.24. The summed E-state index contributed by atoms with van der Waals surface area (Å²) >= 11 is 0. The van der Waals surface area contributed by atoms with E-state index in [-0.39, 0.29) is 11.6 Å². The standard InChI is InChI=1S/C20H19N5O4/c26-11-14(27)17(28)18(29)19-22-23-20-21-15(12-7-3-1-4-8-12)16(24-25(19)20)13-9-5-2-6-10-13/h1-10,14,17-18,26-29H,11H2/t14-,17-,18-/m1/s1. The Morgan fingerprint density at radius 3 is 1.97 bits per heavy atom. The maximum absolute atomic E-state index is 10.4. The molecular weight excluding hydrogens is 374 g/mol. The van der Waals surface area contributed by atoms with E-state index >= 15 is 0 Å². The number of aliphatic hydroxyl groups excluding tert-OH is 4. The van der Waals surface area contributed by atoms with Crippen molar-refractivity contribution in [3.8, 4) is 22.5 Å². The highest BCUT2D eigenvalue weighted by Gasteiger charge is 2.30. The number of aromatic nitrogens is 5. The lowest BCUT2D eigenvalue weighted by molar-refractivity contribution is -0.0808. The molecule has 0 amide bonds. The Balaban J connectivity index is 1.90. The van der Waals surface area contributed by atoms with Gasteiger partial charge in [0.05, 0.1) is 6.61 Å². The van der Waals surface area contributed by atoms with Crippen molar-refractivity contribution in [1.82, 2.24) is 24.8 Å². The molecule has 2 aromatic heterocycles. The van der Waals surface area contributed by atoms with Gasteiger partial charge >= 0.3 is 0 Å². The summed E-state index contributed by atoms with van der Waals surface area (Å²) in [7, 11) is 0. The smallest absolute Gasteiger partial charge is 0.272 e. The lowest BCUT2D eigenvalue weighted by Gasteiger charge is -2.20. The predicted molar refractivity (Wildman–Crippen MR) is 104 cm³/mol. The van der Waals surface area contributed by atoms with Gasteiger partial charge < -0.3 is 20.4 Å². The summed E-state index contributed by atoms with van der Waals surface area (Å²) in [6, 6.07) is 18.9. The highest BCUT2D eigenvalue weighted by Crippen LogP contribution is 2.29. The maximum atomic E-state index is 10.4. The summed E-state index contributed by atoms with van der Waals surface area (Å²) in [4.78, 5) is 4.57. The van der Waals surface area contributed by atoms with Crippen molar-refractivity contribution in [2.24, 2.45) is 0 Å². The largest absolute Gasteiger partial charge is 0.394 e. The average molecular weight is 393 g/mol. The first-order valence-corrected chi connectivity index (χ1v) is 8.99. The molecule has 148 valence electrons. The summed E-state index contributed by atoms with van der Waals surface area (Å²) in [5.41, 5.74) is 2.76. The molecule has 29 heavy (non-hydrogen) atoms. The third-order valence-electron chi connectivity index (χ3n) is 4.55. The van der Waals surface area contributed by atoms with Crippen LogP contribution in [-0.2, 0) is 0 Å². The van der Waals surface area contributed by atoms with E-state index in [1.807, 2.05) is 60.7 Å². The molecular formula is C20H19N5O4. The van der Waals surface area contributed by atoms with Gasteiger partial charge in [-0.15, -0.1) is 10.2 Å². The second kappa shape index (κ2) is 8.02. The SMILES string of the molecule is OC[C@@H](O)[C@@H](O)[C@@H](O)c1nnc2nc(-c3ccccc3)c(-c3ccccc3)nn12. The van der Waals surface area contributed by atoms with Crippen LogP contribution >= 0.6 is 0 Å². The second-order valence-electron chi connectivity index (χ2n) is 6.50. The minimum Gasteiger partial charge on any atom is -0.394 e. The Bertz CT molecular complexity index is 1100. The second-order valence-corrected chi connectivity index (χ2v) is 6.50. The van der Waals surface area contributed by atoms with Gasteiger partial charge in [-0.1, -0.05) is 60.7 Å². The third kappa shape index (κ3) is 3.59. The molecule has 0 saturated heterocycles. The molecule has 2 heterocycles.